The topological polar surface area (TPSA) is 32.3 Å². The van der Waals surface area contributed by atoms with Crippen molar-refractivity contribution in [2.45, 2.75) is 75.5 Å². The number of nitrogens with one attached hydrogen (secondary N) is 1. The molecule has 0 amide bonds. The SMILES string of the molecule is CCCNC1(CO)CCCC(SCC2CCCC2)C1. The van der Waals surface area contributed by atoms with E-state index in [9.17, 15) is 5.11 Å². The maximum atomic E-state index is 9.79. The number of aliphatic hydroxyl groups excluding tert-OH is 1. The van der Waals surface area contributed by atoms with Gasteiger partial charge in [-0.05, 0) is 56.7 Å². The van der Waals surface area contributed by atoms with Crippen molar-refractivity contribution in [3.05, 3.63) is 0 Å². The van der Waals surface area contributed by atoms with Gasteiger partial charge in [-0.25, -0.2) is 0 Å². The summed E-state index contributed by atoms with van der Waals surface area (Å²) in [5.74, 6) is 2.35. The predicted octanol–water partition coefficient (Wildman–Crippen LogP) is 3.58. The Morgan fingerprint density at radius 3 is 2.68 bits per heavy atom. The van der Waals surface area contributed by atoms with E-state index in [1.165, 1.54) is 50.7 Å². The van der Waals surface area contributed by atoms with E-state index in [2.05, 4.69) is 24.0 Å². The van der Waals surface area contributed by atoms with Gasteiger partial charge in [0.1, 0.15) is 0 Å². The van der Waals surface area contributed by atoms with Gasteiger partial charge in [0.15, 0.2) is 0 Å². The highest BCUT2D eigenvalue weighted by Gasteiger charge is 2.35. The zero-order valence-corrected chi connectivity index (χ0v) is 13.3. The lowest BCUT2D eigenvalue weighted by molar-refractivity contribution is 0.124. The van der Waals surface area contributed by atoms with E-state index in [1.54, 1.807) is 0 Å². The summed E-state index contributed by atoms with van der Waals surface area (Å²) >= 11 is 2.19. The molecule has 2 rings (SSSR count). The minimum atomic E-state index is 0.0294. The minimum absolute atomic E-state index is 0.0294. The van der Waals surface area contributed by atoms with Crippen molar-refractivity contribution in [3.8, 4) is 0 Å². The molecule has 2 aliphatic carbocycles. The summed E-state index contributed by atoms with van der Waals surface area (Å²) in [6.07, 6.45) is 11.9. The number of aliphatic hydroxyl groups is 1. The van der Waals surface area contributed by atoms with Gasteiger partial charge in [0.25, 0.3) is 0 Å². The van der Waals surface area contributed by atoms with Crippen molar-refractivity contribution in [1.29, 1.82) is 0 Å². The first-order valence-corrected chi connectivity index (χ1v) is 9.30. The highest BCUT2D eigenvalue weighted by molar-refractivity contribution is 7.99. The van der Waals surface area contributed by atoms with Crippen molar-refractivity contribution in [2.24, 2.45) is 5.92 Å². The first-order chi connectivity index (χ1) is 9.28. The van der Waals surface area contributed by atoms with Crippen LogP contribution in [0.1, 0.15) is 64.7 Å². The van der Waals surface area contributed by atoms with Crippen LogP contribution in [0, 0.1) is 5.92 Å². The van der Waals surface area contributed by atoms with Crippen molar-refractivity contribution < 1.29 is 5.11 Å². The Labute approximate surface area is 123 Å². The molecule has 3 heteroatoms. The first kappa shape index (κ1) is 15.7. The van der Waals surface area contributed by atoms with Gasteiger partial charge in [-0.1, -0.05) is 26.2 Å². The van der Waals surface area contributed by atoms with E-state index in [4.69, 9.17) is 0 Å². The molecule has 0 aromatic rings. The van der Waals surface area contributed by atoms with Gasteiger partial charge in [-0.2, -0.15) is 11.8 Å². The molecule has 2 saturated carbocycles. The maximum absolute atomic E-state index is 9.79. The third-order valence-electron chi connectivity index (χ3n) is 4.89. The number of hydrogen-bond donors (Lipinski definition) is 2. The first-order valence-electron chi connectivity index (χ1n) is 8.25. The zero-order chi connectivity index (χ0) is 13.6. The number of hydrogen-bond acceptors (Lipinski definition) is 3. The van der Waals surface area contributed by atoms with Crippen LogP contribution in [0.4, 0.5) is 0 Å². The van der Waals surface area contributed by atoms with Crippen LogP contribution < -0.4 is 5.32 Å². The van der Waals surface area contributed by atoms with E-state index in [0.29, 0.717) is 6.61 Å². The Morgan fingerprint density at radius 1 is 1.21 bits per heavy atom. The highest BCUT2D eigenvalue weighted by Crippen LogP contribution is 2.37. The van der Waals surface area contributed by atoms with Gasteiger partial charge in [0.2, 0.25) is 0 Å². The van der Waals surface area contributed by atoms with Crippen molar-refractivity contribution in [1.82, 2.24) is 5.32 Å². The van der Waals surface area contributed by atoms with Gasteiger partial charge < -0.3 is 10.4 Å². The fraction of sp³-hybridized carbons (Fsp3) is 1.00. The summed E-state index contributed by atoms with van der Waals surface area (Å²) in [4.78, 5) is 0. The van der Waals surface area contributed by atoms with Crippen LogP contribution in [0.5, 0.6) is 0 Å². The Hall–Kier alpha value is 0.270. The van der Waals surface area contributed by atoms with Crippen LogP contribution in [-0.2, 0) is 0 Å². The molecule has 0 radical (unpaired) electrons. The van der Waals surface area contributed by atoms with E-state index in [1.807, 2.05) is 0 Å². The minimum Gasteiger partial charge on any atom is -0.394 e. The van der Waals surface area contributed by atoms with E-state index in [-0.39, 0.29) is 5.54 Å². The molecule has 19 heavy (non-hydrogen) atoms. The van der Waals surface area contributed by atoms with Crippen LogP contribution in [0.2, 0.25) is 0 Å². The van der Waals surface area contributed by atoms with Gasteiger partial charge in [-0.3, -0.25) is 0 Å². The number of rotatable bonds is 7. The smallest absolute Gasteiger partial charge is 0.0613 e. The van der Waals surface area contributed by atoms with E-state index < -0.39 is 0 Å². The summed E-state index contributed by atoms with van der Waals surface area (Å²) in [7, 11) is 0. The normalized spacial score (nSPS) is 32.8. The molecule has 0 heterocycles. The molecule has 0 spiro atoms. The Kier molecular flexibility index (Phi) is 6.51. The van der Waals surface area contributed by atoms with Gasteiger partial charge in [0, 0.05) is 10.8 Å². The molecule has 0 saturated heterocycles. The molecule has 2 atom stereocenters. The predicted molar refractivity (Wildman–Crippen MR) is 84.8 cm³/mol. The summed E-state index contributed by atoms with van der Waals surface area (Å²) in [5, 5.41) is 14.2. The van der Waals surface area contributed by atoms with E-state index in [0.717, 1.165) is 30.6 Å². The Morgan fingerprint density at radius 2 is 2.00 bits per heavy atom. The van der Waals surface area contributed by atoms with Gasteiger partial charge in [0.05, 0.1) is 6.61 Å². The molecule has 0 bridgehead atoms. The largest absolute Gasteiger partial charge is 0.394 e. The summed E-state index contributed by atoms with van der Waals surface area (Å²) in [6.45, 7) is 3.56. The van der Waals surface area contributed by atoms with Crippen molar-refractivity contribution in [2.75, 3.05) is 18.9 Å². The fourth-order valence-corrected chi connectivity index (χ4v) is 5.30. The lowest BCUT2D eigenvalue weighted by atomic mass is 9.82. The molecular formula is C16H31NOS. The third kappa shape index (κ3) is 4.64. The highest BCUT2D eigenvalue weighted by atomic mass is 32.2. The molecule has 112 valence electrons. The average Bonchev–Trinajstić information content (AvgIpc) is 2.97. The van der Waals surface area contributed by atoms with Crippen LogP contribution >= 0.6 is 11.8 Å². The second-order valence-electron chi connectivity index (χ2n) is 6.57. The summed E-state index contributed by atoms with van der Waals surface area (Å²) in [6, 6.07) is 0. The molecule has 2 N–H and O–H groups in total. The molecule has 0 aromatic carbocycles. The fourth-order valence-electron chi connectivity index (χ4n) is 3.65. The number of thioether (sulfide) groups is 1. The molecule has 2 unspecified atom stereocenters. The molecule has 2 aliphatic rings. The standard InChI is InChI=1S/C16H31NOS/c1-2-10-17-16(13-18)9-5-8-15(11-16)19-12-14-6-3-4-7-14/h14-15,17-18H,2-13H2,1H3. The third-order valence-corrected chi connectivity index (χ3v) is 6.43. The van der Waals surface area contributed by atoms with Gasteiger partial charge in [-0.15, -0.1) is 0 Å². The Bertz CT molecular complexity index is 255. The quantitative estimate of drug-likeness (QED) is 0.750. The molecule has 0 aliphatic heterocycles. The Balaban J connectivity index is 1.77. The molecule has 2 fully saturated rings. The molecule has 2 nitrogen and oxygen atoms in total. The van der Waals surface area contributed by atoms with Crippen LogP contribution in [0.15, 0.2) is 0 Å². The molecular weight excluding hydrogens is 254 g/mol. The average molecular weight is 285 g/mol. The second-order valence-corrected chi connectivity index (χ2v) is 7.90. The van der Waals surface area contributed by atoms with E-state index >= 15 is 0 Å². The second kappa shape index (κ2) is 7.90. The summed E-state index contributed by atoms with van der Waals surface area (Å²) in [5.41, 5.74) is 0.0294. The van der Waals surface area contributed by atoms with Crippen LogP contribution in [-0.4, -0.2) is 34.8 Å². The maximum Gasteiger partial charge on any atom is 0.0613 e. The van der Waals surface area contributed by atoms with Crippen LogP contribution in [0.3, 0.4) is 0 Å². The van der Waals surface area contributed by atoms with Crippen molar-refractivity contribution >= 4 is 11.8 Å². The van der Waals surface area contributed by atoms with Gasteiger partial charge >= 0.3 is 0 Å². The lowest BCUT2D eigenvalue weighted by Gasteiger charge is -2.40. The zero-order valence-electron chi connectivity index (χ0n) is 12.5. The molecule has 0 aromatic heterocycles. The monoisotopic (exact) mass is 285 g/mol. The van der Waals surface area contributed by atoms with Crippen molar-refractivity contribution in [3.63, 3.8) is 0 Å². The lowest BCUT2D eigenvalue weighted by Crippen LogP contribution is -2.52. The van der Waals surface area contributed by atoms with Crippen LogP contribution in [0.25, 0.3) is 0 Å². The summed E-state index contributed by atoms with van der Waals surface area (Å²) < 4.78 is 0.